The number of carboxylic acid groups (broad SMARTS) is 1. The Balaban J connectivity index is 1.82. The van der Waals surface area contributed by atoms with E-state index in [0.29, 0.717) is 34.2 Å². The van der Waals surface area contributed by atoms with Crippen molar-refractivity contribution in [3.05, 3.63) is 60.7 Å². The average Bonchev–Trinajstić information content (AvgIpc) is 3.26. The summed E-state index contributed by atoms with van der Waals surface area (Å²) >= 11 is 12.9. The number of aliphatic carboxylic acids is 1. The lowest BCUT2D eigenvalue weighted by Gasteiger charge is -2.04. The summed E-state index contributed by atoms with van der Waals surface area (Å²) in [7, 11) is 0. The van der Waals surface area contributed by atoms with Crippen LogP contribution in [0, 0.1) is 5.41 Å². The maximum atomic E-state index is 12.2. The molecular weight excluding hydrogens is 439 g/mol. The number of hydrogen-bond donors (Lipinski definition) is 3. The van der Waals surface area contributed by atoms with Gasteiger partial charge in [-0.15, -0.1) is 0 Å². The van der Waals surface area contributed by atoms with Crippen LogP contribution in [0.25, 0.3) is 11.3 Å². The first-order valence-electron chi connectivity index (χ1n) is 8.57. The van der Waals surface area contributed by atoms with Gasteiger partial charge in [-0.2, -0.15) is 0 Å². The molecular formula is C19H16Cl2N2O5S. The molecule has 0 atom stereocenters. The molecule has 10 heteroatoms. The number of hydrogen-bond acceptors (Lipinski definition) is 6. The van der Waals surface area contributed by atoms with Crippen molar-refractivity contribution in [3.8, 4) is 17.2 Å². The minimum Gasteiger partial charge on any atom is -0.493 e. The van der Waals surface area contributed by atoms with Crippen molar-refractivity contribution in [2.24, 2.45) is 0 Å². The fourth-order valence-corrected chi connectivity index (χ4v) is 3.97. The maximum Gasteiger partial charge on any atom is 0.310 e. The molecule has 0 fully saturated rings. The van der Waals surface area contributed by atoms with Crippen LogP contribution in [0.15, 0.2) is 39.5 Å². The fourth-order valence-electron chi connectivity index (χ4n) is 2.72. The Hall–Kier alpha value is -2.55. The van der Waals surface area contributed by atoms with Crippen LogP contribution in [0.1, 0.15) is 29.9 Å². The number of carboxylic acids is 1. The molecule has 0 unspecified atom stereocenters. The van der Waals surface area contributed by atoms with E-state index in [1.165, 1.54) is 0 Å². The number of thiazole rings is 1. The molecule has 0 saturated carbocycles. The number of unbranched alkanes of at least 4 members (excludes halogenated alkanes) is 1. The molecule has 3 N–H and O–H groups in total. The van der Waals surface area contributed by atoms with Crippen molar-refractivity contribution in [2.45, 2.75) is 25.8 Å². The van der Waals surface area contributed by atoms with Gasteiger partial charge < -0.3 is 14.6 Å². The molecule has 2 heterocycles. The van der Waals surface area contributed by atoms with Crippen molar-refractivity contribution in [1.82, 2.24) is 4.57 Å². The Bertz CT molecular complexity index is 1130. The summed E-state index contributed by atoms with van der Waals surface area (Å²) in [6.45, 7) is 0.170. The monoisotopic (exact) mass is 454 g/mol. The molecule has 152 valence electrons. The average molecular weight is 455 g/mol. The van der Waals surface area contributed by atoms with Gasteiger partial charge in [0.1, 0.15) is 16.3 Å². The molecule has 0 amide bonds. The van der Waals surface area contributed by atoms with Crippen LogP contribution in [-0.4, -0.2) is 26.5 Å². The van der Waals surface area contributed by atoms with Crippen LogP contribution in [0.2, 0.25) is 10.0 Å². The third-order valence-corrected chi connectivity index (χ3v) is 5.71. The minimum absolute atomic E-state index is 0.0104. The number of rotatable bonds is 8. The zero-order chi connectivity index (χ0) is 21.1. The predicted molar refractivity (Wildman–Crippen MR) is 112 cm³/mol. The van der Waals surface area contributed by atoms with E-state index in [-0.39, 0.29) is 35.2 Å². The number of aromatic hydroxyl groups is 1. The Morgan fingerprint density at radius 1 is 1.21 bits per heavy atom. The highest BCUT2D eigenvalue weighted by Gasteiger charge is 2.21. The van der Waals surface area contributed by atoms with Gasteiger partial charge in [-0.25, -0.2) is 0 Å². The lowest BCUT2D eigenvalue weighted by molar-refractivity contribution is -0.137. The molecule has 0 radical (unpaired) electrons. The third kappa shape index (κ3) is 4.72. The molecule has 7 nitrogen and oxygen atoms in total. The van der Waals surface area contributed by atoms with Crippen molar-refractivity contribution in [3.63, 3.8) is 0 Å². The van der Waals surface area contributed by atoms with E-state index in [0.717, 1.165) is 15.9 Å². The van der Waals surface area contributed by atoms with E-state index in [1.807, 2.05) is 0 Å². The summed E-state index contributed by atoms with van der Waals surface area (Å²) in [5, 5.41) is 28.3. The van der Waals surface area contributed by atoms with Gasteiger partial charge in [0.15, 0.2) is 5.76 Å². The van der Waals surface area contributed by atoms with Gasteiger partial charge in [-0.3, -0.25) is 19.6 Å². The predicted octanol–water partition coefficient (Wildman–Crippen LogP) is 4.85. The number of benzene rings is 1. The molecule has 0 spiro atoms. The number of carbonyl (C=O) groups is 1. The molecule has 2 aromatic heterocycles. The van der Waals surface area contributed by atoms with Crippen LogP contribution in [0.5, 0.6) is 5.88 Å². The van der Waals surface area contributed by atoms with Crippen LogP contribution in [0.4, 0.5) is 0 Å². The molecule has 1 aromatic carbocycles. The Morgan fingerprint density at radius 2 is 1.97 bits per heavy atom. The van der Waals surface area contributed by atoms with Crippen LogP contribution >= 0.6 is 34.5 Å². The minimum atomic E-state index is -0.914. The summed E-state index contributed by atoms with van der Waals surface area (Å²) < 4.78 is 6.84. The van der Waals surface area contributed by atoms with Gasteiger partial charge in [0.2, 0.25) is 5.88 Å². The molecule has 3 aromatic rings. The first kappa shape index (κ1) is 21.2. The highest BCUT2D eigenvalue weighted by Crippen LogP contribution is 2.33. The van der Waals surface area contributed by atoms with Gasteiger partial charge in [0.25, 0.3) is 0 Å². The van der Waals surface area contributed by atoms with Crippen molar-refractivity contribution >= 4 is 46.2 Å². The second-order valence-electron chi connectivity index (χ2n) is 6.19. The van der Waals surface area contributed by atoms with Crippen LogP contribution in [0.3, 0.4) is 0 Å². The second-order valence-corrected chi connectivity index (χ2v) is 7.99. The summed E-state index contributed by atoms with van der Waals surface area (Å²) in [6, 6.07) is 8.10. The fraction of sp³-hybridized carbons (Fsp3) is 0.211. The summed E-state index contributed by atoms with van der Waals surface area (Å²) in [5.41, 5.74) is 0.421. The largest absolute Gasteiger partial charge is 0.493 e. The first-order chi connectivity index (χ1) is 13.8. The van der Waals surface area contributed by atoms with Crippen molar-refractivity contribution in [2.75, 3.05) is 0 Å². The molecule has 0 aliphatic heterocycles. The normalized spacial score (nSPS) is 11.0. The van der Waals surface area contributed by atoms with Gasteiger partial charge in [-0.1, -0.05) is 34.5 Å². The third-order valence-electron chi connectivity index (χ3n) is 4.16. The van der Waals surface area contributed by atoms with E-state index >= 15 is 0 Å². The van der Waals surface area contributed by atoms with E-state index in [2.05, 4.69) is 0 Å². The molecule has 0 saturated heterocycles. The van der Waals surface area contributed by atoms with Gasteiger partial charge in [-0.05, 0) is 43.2 Å². The molecule has 0 aliphatic rings. The number of aromatic nitrogens is 1. The molecule has 3 rings (SSSR count). The number of halogens is 2. The lowest BCUT2D eigenvalue weighted by Crippen LogP contribution is -2.12. The van der Waals surface area contributed by atoms with E-state index in [1.54, 1.807) is 30.3 Å². The summed E-state index contributed by atoms with van der Waals surface area (Å²) in [5.74, 6) is -0.690. The second kappa shape index (κ2) is 8.86. The van der Waals surface area contributed by atoms with Gasteiger partial charge in [0.05, 0.1) is 5.02 Å². The van der Waals surface area contributed by atoms with E-state index < -0.39 is 10.8 Å². The smallest absolute Gasteiger partial charge is 0.310 e. The highest BCUT2D eigenvalue weighted by atomic mass is 35.5. The quantitative estimate of drug-likeness (QED) is 0.332. The van der Waals surface area contributed by atoms with Gasteiger partial charge in [0, 0.05) is 23.6 Å². The molecule has 0 bridgehead atoms. The molecule has 0 aliphatic carbocycles. The van der Waals surface area contributed by atoms with E-state index in [9.17, 15) is 14.7 Å². The SMILES string of the molecule is N=C(c1ccc(-c2cc(Cl)ccc2Cl)o1)c1sc(=O)n(CCCCC(=O)O)c1O. The first-order valence-corrected chi connectivity index (χ1v) is 10.1. The van der Waals surface area contributed by atoms with E-state index in [4.69, 9.17) is 38.1 Å². The zero-order valence-electron chi connectivity index (χ0n) is 14.9. The van der Waals surface area contributed by atoms with Crippen molar-refractivity contribution in [1.29, 1.82) is 5.41 Å². The standard InChI is InChI=1S/C19H16Cl2N2O5S/c20-10-4-5-12(21)11(9-10)13-6-7-14(28-13)16(22)17-18(26)23(19(27)29-17)8-2-1-3-15(24)25/h4-7,9,22,26H,1-3,8H2,(H,24,25). The summed E-state index contributed by atoms with van der Waals surface area (Å²) in [4.78, 5) is 22.4. The number of nitrogens with zero attached hydrogens (tertiary/aromatic N) is 1. The molecule has 29 heavy (non-hydrogen) atoms. The van der Waals surface area contributed by atoms with Gasteiger partial charge >= 0.3 is 10.8 Å². The number of nitrogens with one attached hydrogen (secondary N) is 1. The lowest BCUT2D eigenvalue weighted by atomic mass is 10.2. The van der Waals surface area contributed by atoms with Crippen LogP contribution < -0.4 is 4.87 Å². The Kier molecular flexibility index (Phi) is 6.46. The zero-order valence-corrected chi connectivity index (χ0v) is 17.3. The Morgan fingerprint density at radius 3 is 2.69 bits per heavy atom. The summed E-state index contributed by atoms with van der Waals surface area (Å²) in [6.07, 6.45) is 0.788. The highest BCUT2D eigenvalue weighted by molar-refractivity contribution is 7.12. The Labute approximate surface area is 179 Å². The maximum absolute atomic E-state index is 12.2. The number of furan rings is 1. The van der Waals surface area contributed by atoms with Crippen molar-refractivity contribution < 1.29 is 19.4 Å². The van der Waals surface area contributed by atoms with Crippen LogP contribution in [-0.2, 0) is 11.3 Å². The topological polar surface area (TPSA) is 117 Å².